The second-order valence-electron chi connectivity index (χ2n) is 10.8. The summed E-state index contributed by atoms with van der Waals surface area (Å²) in [5, 5.41) is 16.3. The Labute approximate surface area is 262 Å². The largest absolute Gasteiger partial charge is 0.493 e. The number of hydrogen-bond donors (Lipinski definition) is 6. The third-order valence-electron chi connectivity index (χ3n) is 7.21. The molecule has 0 bridgehead atoms. The fraction of sp³-hybridized carbons (Fsp3) is 0.379. The first kappa shape index (κ1) is 33.2. The number of benzene rings is 2. The first-order valence-corrected chi connectivity index (χ1v) is 16.0. The number of phosphoric ester groups is 1. The molecule has 0 spiro atoms. The summed E-state index contributed by atoms with van der Waals surface area (Å²) in [5.74, 6) is -0.409. The molecule has 14 nitrogen and oxygen atoms in total. The van der Waals surface area contributed by atoms with Crippen LogP contribution in [0.3, 0.4) is 0 Å². The zero-order valence-electron chi connectivity index (χ0n) is 24.8. The molecule has 1 fully saturated rings. The summed E-state index contributed by atoms with van der Waals surface area (Å²) < 4.78 is 54.5. The van der Waals surface area contributed by atoms with Crippen molar-refractivity contribution in [2.24, 2.45) is 5.92 Å². The van der Waals surface area contributed by atoms with Crippen molar-refractivity contribution in [2.75, 3.05) is 37.5 Å². The topological polar surface area (TPSA) is 193 Å². The van der Waals surface area contributed by atoms with E-state index in [0.29, 0.717) is 65.2 Å². The Morgan fingerprint density at radius 1 is 1.15 bits per heavy atom. The number of phosphoric acid groups is 1. The predicted molar refractivity (Wildman–Crippen MR) is 164 cm³/mol. The molecule has 1 aliphatic carbocycles. The van der Waals surface area contributed by atoms with Crippen molar-refractivity contribution in [3.63, 3.8) is 0 Å². The van der Waals surface area contributed by atoms with E-state index in [9.17, 15) is 18.1 Å². The number of ether oxygens (including phenoxy) is 2. The smallest absolute Gasteiger partial charge is 0.469 e. The van der Waals surface area contributed by atoms with E-state index in [1.54, 1.807) is 18.2 Å². The van der Waals surface area contributed by atoms with Crippen molar-refractivity contribution in [1.29, 1.82) is 0 Å². The van der Waals surface area contributed by atoms with E-state index in [4.69, 9.17) is 19.3 Å². The number of aromatic amines is 1. The SMILES string of the molecule is COc1cc2c(Nc3cc(CC(=O)Nc4cccc(F)c4F)[nH]n3)ncnc2cc1OCCC(CC1CC1)NCCOP(=O)(O)O. The number of carbonyl (C=O) groups excluding carboxylic acids is 1. The molecule has 2 aromatic heterocycles. The van der Waals surface area contributed by atoms with E-state index < -0.39 is 25.4 Å². The van der Waals surface area contributed by atoms with E-state index in [0.717, 1.165) is 12.5 Å². The summed E-state index contributed by atoms with van der Waals surface area (Å²) in [6, 6.07) is 8.68. The summed E-state index contributed by atoms with van der Waals surface area (Å²) in [7, 11) is -2.99. The number of halogens is 2. The monoisotopic (exact) mass is 661 g/mol. The van der Waals surface area contributed by atoms with Crippen LogP contribution in [-0.2, 0) is 20.3 Å². The molecule has 0 radical (unpaired) electrons. The van der Waals surface area contributed by atoms with Crippen LogP contribution in [0.5, 0.6) is 11.5 Å². The first-order valence-electron chi connectivity index (χ1n) is 14.5. The lowest BCUT2D eigenvalue weighted by Crippen LogP contribution is -2.33. The average molecular weight is 662 g/mol. The molecule has 1 aliphatic rings. The van der Waals surface area contributed by atoms with Crippen LogP contribution in [0, 0.1) is 17.6 Å². The van der Waals surface area contributed by atoms with Crippen molar-refractivity contribution in [1.82, 2.24) is 25.5 Å². The van der Waals surface area contributed by atoms with Gasteiger partial charge in [0.15, 0.2) is 29.0 Å². The molecule has 5 rings (SSSR count). The Kier molecular flexibility index (Phi) is 10.8. The molecule has 2 heterocycles. The second kappa shape index (κ2) is 14.9. The third kappa shape index (κ3) is 9.40. The first-order chi connectivity index (χ1) is 22.1. The number of methoxy groups -OCH3 is 1. The molecule has 1 atom stereocenters. The van der Waals surface area contributed by atoms with Crippen LogP contribution < -0.4 is 25.4 Å². The molecule has 1 saturated carbocycles. The van der Waals surface area contributed by atoms with Crippen LogP contribution in [0.15, 0.2) is 42.7 Å². The molecular weight excluding hydrogens is 627 g/mol. The number of fused-ring (bicyclic) bond motifs is 1. The maximum atomic E-state index is 13.9. The number of anilines is 3. The Balaban J connectivity index is 1.20. The molecule has 246 valence electrons. The molecule has 46 heavy (non-hydrogen) atoms. The molecule has 2 aromatic carbocycles. The minimum atomic E-state index is -4.51. The van der Waals surface area contributed by atoms with Gasteiger partial charge in [-0.3, -0.25) is 14.4 Å². The van der Waals surface area contributed by atoms with Gasteiger partial charge in [-0.1, -0.05) is 18.9 Å². The maximum Gasteiger partial charge on any atom is 0.469 e. The number of H-pyrrole nitrogens is 1. The number of rotatable bonds is 17. The van der Waals surface area contributed by atoms with Gasteiger partial charge in [0.1, 0.15) is 12.1 Å². The van der Waals surface area contributed by atoms with Crippen molar-refractivity contribution >= 4 is 42.0 Å². The lowest BCUT2D eigenvalue weighted by atomic mass is 10.1. The van der Waals surface area contributed by atoms with Gasteiger partial charge in [-0.05, 0) is 37.0 Å². The highest BCUT2D eigenvalue weighted by atomic mass is 31.2. The zero-order chi connectivity index (χ0) is 32.7. The highest BCUT2D eigenvalue weighted by molar-refractivity contribution is 7.46. The summed E-state index contributed by atoms with van der Waals surface area (Å²) in [4.78, 5) is 38.9. The van der Waals surface area contributed by atoms with Crippen LogP contribution >= 0.6 is 7.82 Å². The minimum Gasteiger partial charge on any atom is -0.493 e. The van der Waals surface area contributed by atoms with Crippen molar-refractivity contribution in [2.45, 2.75) is 38.1 Å². The lowest BCUT2D eigenvalue weighted by molar-refractivity contribution is -0.115. The van der Waals surface area contributed by atoms with Gasteiger partial charge in [-0.25, -0.2) is 23.3 Å². The zero-order valence-corrected chi connectivity index (χ0v) is 25.7. The van der Waals surface area contributed by atoms with Gasteiger partial charge < -0.3 is 35.2 Å². The molecule has 6 N–H and O–H groups in total. The van der Waals surface area contributed by atoms with Crippen molar-refractivity contribution < 1.29 is 41.9 Å². The Morgan fingerprint density at radius 3 is 2.74 bits per heavy atom. The summed E-state index contributed by atoms with van der Waals surface area (Å²) in [6.45, 7) is 0.554. The number of nitrogens with zero attached hydrogens (tertiary/aromatic N) is 3. The Hall–Kier alpha value is -4.21. The van der Waals surface area contributed by atoms with E-state index in [-0.39, 0.29) is 24.8 Å². The summed E-state index contributed by atoms with van der Waals surface area (Å²) >= 11 is 0. The van der Waals surface area contributed by atoms with Gasteiger partial charge in [-0.15, -0.1) is 0 Å². The standard InChI is InChI=1S/C29H34F2N7O7P/c1-43-24-14-20-23(15-25(24)44-9-7-18(11-17-5-6-17)32-8-10-45-46(40,41)42)33-16-34-29(20)36-26-12-19(37-38-26)13-27(39)35-22-4-2-3-21(30)28(22)31/h2-4,12,14-18,32H,5-11,13H2,1H3,(H,35,39)(H2,40,41,42)(H2,33,34,36,37,38). The number of carbonyl (C=O) groups is 1. The minimum absolute atomic E-state index is 0.0877. The van der Waals surface area contributed by atoms with Gasteiger partial charge >= 0.3 is 7.82 Å². The van der Waals surface area contributed by atoms with Gasteiger partial charge in [0.25, 0.3) is 0 Å². The fourth-order valence-electron chi connectivity index (χ4n) is 4.84. The normalized spacial score (nSPS) is 13.8. The number of amides is 1. The van der Waals surface area contributed by atoms with E-state index in [1.165, 1.54) is 38.4 Å². The molecule has 1 amide bonds. The van der Waals surface area contributed by atoms with Crippen molar-refractivity contribution in [3.05, 3.63) is 60.1 Å². The maximum absolute atomic E-state index is 13.9. The van der Waals surface area contributed by atoms with Gasteiger partial charge in [0, 0.05) is 35.8 Å². The van der Waals surface area contributed by atoms with Crippen LogP contribution in [0.2, 0.25) is 0 Å². The highest BCUT2D eigenvalue weighted by Crippen LogP contribution is 2.37. The number of nitrogens with one attached hydrogen (secondary N) is 4. The second-order valence-corrected chi connectivity index (χ2v) is 12.0. The Bertz CT molecular complexity index is 1720. The van der Waals surface area contributed by atoms with Gasteiger partial charge in [0.2, 0.25) is 5.91 Å². The molecule has 17 heteroatoms. The van der Waals surface area contributed by atoms with Crippen LogP contribution in [0.25, 0.3) is 10.9 Å². The molecular formula is C29H34F2N7O7P. The predicted octanol–water partition coefficient (Wildman–Crippen LogP) is 4.20. The fourth-order valence-corrected chi connectivity index (χ4v) is 5.17. The number of aromatic nitrogens is 4. The van der Waals surface area contributed by atoms with E-state index >= 15 is 0 Å². The van der Waals surface area contributed by atoms with Gasteiger partial charge in [0.05, 0.1) is 37.9 Å². The van der Waals surface area contributed by atoms with Crippen LogP contribution in [-0.4, -0.2) is 68.8 Å². The third-order valence-corrected chi connectivity index (χ3v) is 7.73. The van der Waals surface area contributed by atoms with Crippen LogP contribution in [0.1, 0.15) is 31.4 Å². The van der Waals surface area contributed by atoms with E-state index in [2.05, 4.69) is 40.6 Å². The van der Waals surface area contributed by atoms with Crippen LogP contribution in [0.4, 0.5) is 26.1 Å². The van der Waals surface area contributed by atoms with Gasteiger partial charge in [-0.2, -0.15) is 5.10 Å². The molecule has 0 aliphatic heterocycles. The summed E-state index contributed by atoms with van der Waals surface area (Å²) in [5.41, 5.74) is 0.739. The molecule has 4 aromatic rings. The highest BCUT2D eigenvalue weighted by Gasteiger charge is 2.26. The average Bonchev–Trinajstić information content (AvgIpc) is 3.73. The Morgan fingerprint density at radius 2 is 1.98 bits per heavy atom. The van der Waals surface area contributed by atoms with E-state index in [1.807, 2.05) is 0 Å². The number of hydrogen-bond acceptors (Lipinski definition) is 10. The lowest BCUT2D eigenvalue weighted by Gasteiger charge is -2.20. The summed E-state index contributed by atoms with van der Waals surface area (Å²) in [6.07, 6.45) is 5.13. The molecule has 0 saturated heterocycles. The van der Waals surface area contributed by atoms with Crippen molar-refractivity contribution in [3.8, 4) is 11.5 Å². The molecule has 1 unspecified atom stereocenters. The quantitative estimate of drug-likeness (QED) is 0.0699.